The van der Waals surface area contributed by atoms with E-state index < -0.39 is 30.5 Å². The number of hydrogen-bond acceptors (Lipinski definition) is 7. The summed E-state index contributed by atoms with van der Waals surface area (Å²) in [7, 11) is 0. The maximum absolute atomic E-state index is 12.8. The second kappa shape index (κ2) is 8.99. The van der Waals surface area contributed by atoms with Gasteiger partial charge in [0.15, 0.2) is 18.5 Å². The number of carbonyl (C=O) groups is 4. The zero-order chi connectivity index (χ0) is 23.5. The minimum atomic E-state index is -1.01. The fourth-order valence-corrected chi connectivity index (χ4v) is 3.37. The van der Waals surface area contributed by atoms with Crippen molar-refractivity contribution in [3.8, 4) is 17.1 Å². The lowest BCUT2D eigenvalue weighted by Crippen LogP contribution is -2.50. The van der Waals surface area contributed by atoms with Crippen LogP contribution in [0.15, 0.2) is 65.1 Å². The van der Waals surface area contributed by atoms with E-state index in [2.05, 4.69) is 0 Å². The second-order valence-electron chi connectivity index (χ2n) is 7.35. The third kappa shape index (κ3) is 4.62. The van der Waals surface area contributed by atoms with Gasteiger partial charge in [-0.05, 0) is 31.2 Å². The van der Waals surface area contributed by atoms with Gasteiger partial charge < -0.3 is 24.5 Å². The molecule has 33 heavy (non-hydrogen) atoms. The van der Waals surface area contributed by atoms with Crippen molar-refractivity contribution in [1.82, 2.24) is 0 Å². The van der Waals surface area contributed by atoms with E-state index in [9.17, 15) is 19.2 Å². The van der Waals surface area contributed by atoms with Crippen molar-refractivity contribution in [2.45, 2.75) is 13.0 Å². The molecule has 3 aromatic rings. The van der Waals surface area contributed by atoms with Crippen LogP contribution in [0.4, 0.5) is 5.69 Å². The molecule has 2 heterocycles. The van der Waals surface area contributed by atoms with Crippen LogP contribution in [0.25, 0.3) is 11.3 Å². The van der Waals surface area contributed by atoms with Crippen LogP contribution in [0.5, 0.6) is 5.75 Å². The number of primary amides is 1. The molecule has 0 bridgehead atoms. The Bertz CT molecular complexity index is 1230. The molecule has 1 unspecified atom stereocenters. The quantitative estimate of drug-likeness (QED) is 0.453. The van der Waals surface area contributed by atoms with Crippen LogP contribution < -0.4 is 15.4 Å². The minimum Gasteiger partial charge on any atom is -0.477 e. The Balaban J connectivity index is 1.42. The van der Waals surface area contributed by atoms with Crippen LogP contribution in [0.1, 0.15) is 27.8 Å². The fraction of sp³-hybridized carbons (Fsp3) is 0.167. The van der Waals surface area contributed by atoms with Gasteiger partial charge in [-0.1, -0.05) is 36.4 Å². The molecule has 2 amide bonds. The van der Waals surface area contributed by atoms with Crippen LogP contribution in [0, 0.1) is 0 Å². The van der Waals surface area contributed by atoms with Crippen LogP contribution >= 0.6 is 0 Å². The molecule has 2 N–H and O–H groups in total. The average molecular weight is 448 g/mol. The number of carbonyl (C=O) groups excluding carboxylic acids is 4. The molecule has 9 heteroatoms. The highest BCUT2D eigenvalue weighted by Crippen LogP contribution is 2.33. The summed E-state index contributed by atoms with van der Waals surface area (Å²) in [5, 5.41) is 0. The predicted molar refractivity (Wildman–Crippen MR) is 117 cm³/mol. The highest BCUT2D eigenvalue weighted by Gasteiger charge is 2.33. The van der Waals surface area contributed by atoms with Gasteiger partial charge in [0.05, 0.1) is 12.2 Å². The van der Waals surface area contributed by atoms with E-state index >= 15 is 0 Å². The maximum atomic E-state index is 12.8. The summed E-state index contributed by atoms with van der Waals surface area (Å²) in [6, 6.07) is 16.5. The number of furan rings is 1. The lowest BCUT2D eigenvalue weighted by atomic mass is 10.1. The number of anilines is 1. The van der Waals surface area contributed by atoms with Crippen molar-refractivity contribution in [2.75, 3.05) is 18.1 Å². The number of benzene rings is 2. The Morgan fingerprint density at radius 2 is 1.76 bits per heavy atom. The molecule has 9 nitrogen and oxygen atoms in total. The van der Waals surface area contributed by atoms with E-state index in [4.69, 9.17) is 19.6 Å². The lowest BCUT2D eigenvalue weighted by Gasteiger charge is -2.33. The molecule has 0 saturated heterocycles. The predicted octanol–water partition coefficient (Wildman–Crippen LogP) is 2.59. The van der Waals surface area contributed by atoms with Crippen molar-refractivity contribution in [2.24, 2.45) is 5.73 Å². The molecule has 1 atom stereocenters. The lowest BCUT2D eigenvalue weighted by molar-refractivity contribution is -0.126. The van der Waals surface area contributed by atoms with Crippen LogP contribution in [0.2, 0.25) is 0 Å². The summed E-state index contributed by atoms with van der Waals surface area (Å²) >= 11 is 0. The van der Waals surface area contributed by atoms with E-state index in [1.165, 1.54) is 17.9 Å². The summed E-state index contributed by atoms with van der Waals surface area (Å²) < 4.78 is 16.2. The number of ketones is 1. The van der Waals surface area contributed by atoms with E-state index in [0.29, 0.717) is 28.3 Å². The summed E-state index contributed by atoms with van der Waals surface area (Å²) in [5.41, 5.74) is 7.03. The number of Topliss-reactive ketones (excluding diaryl/α,β-unsaturated/α-hetero) is 1. The van der Waals surface area contributed by atoms with Crippen molar-refractivity contribution < 1.29 is 33.1 Å². The smallest absolute Gasteiger partial charge is 0.374 e. The number of fused-ring (bicyclic) bond motifs is 1. The number of hydrogen-bond donors (Lipinski definition) is 1. The van der Waals surface area contributed by atoms with Gasteiger partial charge in [0.2, 0.25) is 5.76 Å². The van der Waals surface area contributed by atoms with Gasteiger partial charge in [0, 0.05) is 11.1 Å². The Labute approximate surface area is 188 Å². The number of nitrogens with two attached hydrogens (primary N) is 1. The van der Waals surface area contributed by atoms with Gasteiger partial charge in [0.25, 0.3) is 11.8 Å². The Morgan fingerprint density at radius 3 is 2.45 bits per heavy atom. The Kier molecular flexibility index (Phi) is 5.95. The maximum Gasteiger partial charge on any atom is 0.374 e. The standard InChI is InChI=1S/C24H20N2O7/c1-14(27)15-6-8-16(9-7-15)18-10-11-20(32-18)24(30)31-13-22(28)26-12-21(23(25)29)33-19-5-3-2-4-17(19)26/h2-11,21H,12-13H2,1H3,(H2,25,29). The zero-order valence-corrected chi connectivity index (χ0v) is 17.6. The van der Waals surface area contributed by atoms with Crippen molar-refractivity contribution in [1.29, 1.82) is 0 Å². The molecule has 0 spiro atoms. The molecule has 0 aliphatic carbocycles. The van der Waals surface area contributed by atoms with Crippen molar-refractivity contribution in [3.05, 3.63) is 72.0 Å². The molecule has 1 aliphatic rings. The highest BCUT2D eigenvalue weighted by molar-refractivity contribution is 5.99. The topological polar surface area (TPSA) is 129 Å². The van der Waals surface area contributed by atoms with Crippen LogP contribution in [-0.4, -0.2) is 42.8 Å². The average Bonchev–Trinajstić information content (AvgIpc) is 3.32. The number of rotatable bonds is 6. The fourth-order valence-electron chi connectivity index (χ4n) is 3.37. The summed E-state index contributed by atoms with van der Waals surface area (Å²) in [6.07, 6.45) is -1.01. The van der Waals surface area contributed by atoms with Gasteiger partial charge in [0.1, 0.15) is 11.5 Å². The molecule has 0 fully saturated rings. The van der Waals surface area contributed by atoms with E-state index in [0.717, 1.165) is 0 Å². The number of nitrogens with zero attached hydrogens (tertiary/aromatic N) is 1. The highest BCUT2D eigenvalue weighted by atomic mass is 16.5. The normalized spacial score (nSPS) is 14.7. The first-order chi connectivity index (χ1) is 15.8. The molecule has 1 aromatic heterocycles. The summed E-state index contributed by atoms with van der Waals surface area (Å²) in [5.74, 6) is -1.46. The molecule has 168 valence electrons. The SMILES string of the molecule is CC(=O)c1ccc(-c2ccc(C(=O)OCC(=O)N3CC(C(N)=O)Oc4ccccc43)o2)cc1. The van der Waals surface area contributed by atoms with E-state index in [1.54, 1.807) is 54.6 Å². The third-order valence-corrected chi connectivity index (χ3v) is 5.10. The molecule has 0 saturated carbocycles. The van der Waals surface area contributed by atoms with Gasteiger partial charge in [-0.2, -0.15) is 0 Å². The van der Waals surface area contributed by atoms with Gasteiger partial charge in [-0.15, -0.1) is 0 Å². The number of para-hydroxylation sites is 2. The molecular weight excluding hydrogens is 428 g/mol. The first-order valence-electron chi connectivity index (χ1n) is 10.1. The summed E-state index contributed by atoms with van der Waals surface area (Å²) in [6.45, 7) is 0.812. The minimum absolute atomic E-state index is 0.0556. The first kappa shape index (κ1) is 21.8. The van der Waals surface area contributed by atoms with Gasteiger partial charge in [-0.3, -0.25) is 14.4 Å². The third-order valence-electron chi connectivity index (χ3n) is 5.10. The molecule has 1 aliphatic heterocycles. The Hall–Kier alpha value is -4.40. The molecule has 4 rings (SSSR count). The van der Waals surface area contributed by atoms with Crippen molar-refractivity contribution >= 4 is 29.3 Å². The first-order valence-corrected chi connectivity index (χ1v) is 10.1. The van der Waals surface area contributed by atoms with E-state index in [-0.39, 0.29) is 18.1 Å². The van der Waals surface area contributed by atoms with Gasteiger partial charge in [-0.25, -0.2) is 4.79 Å². The van der Waals surface area contributed by atoms with Crippen LogP contribution in [0.3, 0.4) is 0 Å². The number of esters is 1. The number of amides is 2. The molecular formula is C24H20N2O7. The zero-order valence-electron chi connectivity index (χ0n) is 17.6. The largest absolute Gasteiger partial charge is 0.477 e. The van der Waals surface area contributed by atoms with E-state index in [1.807, 2.05) is 0 Å². The monoisotopic (exact) mass is 448 g/mol. The number of ether oxygens (including phenoxy) is 2. The second-order valence-corrected chi connectivity index (χ2v) is 7.35. The van der Waals surface area contributed by atoms with Crippen LogP contribution in [-0.2, 0) is 14.3 Å². The Morgan fingerprint density at radius 1 is 1.03 bits per heavy atom. The molecule has 0 radical (unpaired) electrons. The van der Waals surface area contributed by atoms with Crippen molar-refractivity contribution in [3.63, 3.8) is 0 Å². The van der Waals surface area contributed by atoms with Gasteiger partial charge >= 0.3 is 5.97 Å². The molecule has 2 aromatic carbocycles. The summed E-state index contributed by atoms with van der Waals surface area (Å²) in [4.78, 5) is 49.5.